The zero-order valence-electron chi connectivity index (χ0n) is 20.8. The molecule has 37 heavy (non-hydrogen) atoms. The summed E-state index contributed by atoms with van der Waals surface area (Å²) in [5.74, 6) is -2.18. The molecule has 1 saturated heterocycles. The summed E-state index contributed by atoms with van der Waals surface area (Å²) in [7, 11) is 0. The second kappa shape index (κ2) is 9.36. The lowest BCUT2D eigenvalue weighted by molar-refractivity contribution is -0.140. The molecule has 2 aromatic carbocycles. The minimum Gasteiger partial charge on any atom is -0.336 e. The topological polar surface area (TPSA) is 131 Å². The van der Waals surface area contributed by atoms with Gasteiger partial charge in [-0.2, -0.15) is 5.26 Å². The molecule has 2 aliphatic heterocycles. The molecule has 9 heteroatoms. The Bertz CT molecular complexity index is 1320. The Morgan fingerprint density at radius 3 is 2.49 bits per heavy atom. The summed E-state index contributed by atoms with van der Waals surface area (Å²) in [6.45, 7) is 3.71. The van der Waals surface area contributed by atoms with Gasteiger partial charge < -0.3 is 20.9 Å². The predicted octanol–water partition coefficient (Wildman–Crippen LogP) is 2.54. The highest BCUT2D eigenvalue weighted by Crippen LogP contribution is 2.46. The maximum Gasteiger partial charge on any atom is 0.313 e. The Labute approximate surface area is 215 Å². The average Bonchev–Trinajstić information content (AvgIpc) is 3.55. The number of benzene rings is 2. The Balaban J connectivity index is 1.35. The molecule has 3 N–H and O–H groups in total. The summed E-state index contributed by atoms with van der Waals surface area (Å²) < 4.78 is 0. The fourth-order valence-corrected chi connectivity index (χ4v) is 5.50. The van der Waals surface area contributed by atoms with Crippen molar-refractivity contribution in [3.63, 3.8) is 0 Å². The number of carbonyl (C=O) groups excluding carboxylic acids is 4. The highest BCUT2D eigenvalue weighted by Gasteiger charge is 2.56. The second-order valence-electron chi connectivity index (χ2n) is 10.3. The van der Waals surface area contributed by atoms with E-state index in [-0.39, 0.29) is 24.8 Å². The molecule has 0 aromatic heterocycles. The lowest BCUT2D eigenvalue weighted by Crippen LogP contribution is -2.53. The molecular weight excluding hydrogens is 470 g/mol. The molecule has 190 valence electrons. The van der Waals surface area contributed by atoms with E-state index in [1.807, 2.05) is 50.2 Å². The molecule has 2 aromatic rings. The van der Waals surface area contributed by atoms with Crippen molar-refractivity contribution < 1.29 is 19.2 Å². The van der Waals surface area contributed by atoms with Gasteiger partial charge in [-0.3, -0.25) is 19.2 Å². The van der Waals surface area contributed by atoms with Crippen LogP contribution in [0.5, 0.6) is 0 Å². The van der Waals surface area contributed by atoms with Gasteiger partial charge in [0.2, 0.25) is 11.8 Å². The summed E-state index contributed by atoms with van der Waals surface area (Å²) in [6.07, 6.45) is 2.44. The van der Waals surface area contributed by atoms with Gasteiger partial charge in [0.25, 0.3) is 0 Å². The van der Waals surface area contributed by atoms with Crippen LogP contribution in [0.3, 0.4) is 0 Å². The number of nitriles is 1. The first-order valence-corrected chi connectivity index (χ1v) is 12.5. The Morgan fingerprint density at radius 1 is 1.11 bits per heavy atom. The molecule has 3 atom stereocenters. The molecule has 0 unspecified atom stereocenters. The normalized spacial score (nSPS) is 22.7. The van der Waals surface area contributed by atoms with Crippen LogP contribution in [-0.4, -0.2) is 47.2 Å². The van der Waals surface area contributed by atoms with E-state index in [0.29, 0.717) is 17.8 Å². The number of anilines is 2. The van der Waals surface area contributed by atoms with Gasteiger partial charge in [-0.25, -0.2) is 0 Å². The number of hydrogen-bond donors (Lipinski definition) is 3. The van der Waals surface area contributed by atoms with Crippen molar-refractivity contribution in [3.05, 3.63) is 59.2 Å². The standard InChI is InChI=1S/C28H29N5O4/c1-16-6-5-7-17(2)23(16)32-25(35)24(34)30-22(12-18-10-11-18)26(36)33-15-28(13-19(33)14-29)20-8-3-4-9-21(20)31-27(28)37/h3-9,18-19,22H,10-13,15H2,1-2H3,(H,30,34)(H,31,37)(H,32,35)/t19-,22-,28-/m0/s1. The van der Waals surface area contributed by atoms with Crippen LogP contribution in [0.1, 0.15) is 42.4 Å². The van der Waals surface area contributed by atoms with Gasteiger partial charge in [0.05, 0.1) is 11.5 Å². The summed E-state index contributed by atoms with van der Waals surface area (Å²) in [4.78, 5) is 53.9. The fourth-order valence-electron chi connectivity index (χ4n) is 5.50. The lowest BCUT2D eigenvalue weighted by Gasteiger charge is -2.27. The Kier molecular flexibility index (Phi) is 6.20. The zero-order valence-corrected chi connectivity index (χ0v) is 20.8. The van der Waals surface area contributed by atoms with Crippen LogP contribution < -0.4 is 16.0 Å². The number of likely N-dealkylation sites (tertiary alicyclic amines) is 1. The first kappa shape index (κ1) is 24.5. The number of nitrogens with one attached hydrogen (secondary N) is 3. The van der Waals surface area contributed by atoms with E-state index in [4.69, 9.17) is 0 Å². The van der Waals surface area contributed by atoms with Gasteiger partial charge in [0.15, 0.2) is 0 Å². The van der Waals surface area contributed by atoms with Gasteiger partial charge in [-0.1, -0.05) is 49.2 Å². The molecule has 2 heterocycles. The predicted molar refractivity (Wildman–Crippen MR) is 136 cm³/mol. The first-order chi connectivity index (χ1) is 17.7. The number of amides is 4. The van der Waals surface area contributed by atoms with Gasteiger partial charge in [-0.15, -0.1) is 0 Å². The first-order valence-electron chi connectivity index (χ1n) is 12.5. The van der Waals surface area contributed by atoms with Crippen molar-refractivity contribution in [2.24, 2.45) is 5.92 Å². The number of nitrogens with zero attached hydrogens (tertiary/aromatic N) is 2. The summed E-state index contributed by atoms with van der Waals surface area (Å²) in [5.41, 5.74) is 2.64. The monoisotopic (exact) mass is 499 g/mol. The van der Waals surface area contributed by atoms with Crippen molar-refractivity contribution >= 4 is 35.0 Å². The molecule has 1 spiro atoms. The molecule has 5 rings (SSSR count). The molecule has 9 nitrogen and oxygen atoms in total. The van der Waals surface area contributed by atoms with Gasteiger partial charge >= 0.3 is 11.8 Å². The number of hydrogen-bond acceptors (Lipinski definition) is 5. The molecule has 2 fully saturated rings. The van der Waals surface area contributed by atoms with Crippen LogP contribution in [-0.2, 0) is 24.6 Å². The molecular formula is C28H29N5O4. The van der Waals surface area contributed by atoms with E-state index < -0.39 is 35.2 Å². The zero-order chi connectivity index (χ0) is 26.3. The second-order valence-corrected chi connectivity index (χ2v) is 10.3. The van der Waals surface area contributed by atoms with Crippen LogP contribution in [0.15, 0.2) is 42.5 Å². The Hall–Kier alpha value is -4.19. The third kappa shape index (κ3) is 4.44. The number of carbonyl (C=O) groups is 4. The number of fused-ring (bicyclic) bond motifs is 2. The molecule has 0 bridgehead atoms. The minimum atomic E-state index is -1.01. The highest BCUT2D eigenvalue weighted by molar-refractivity contribution is 6.40. The number of aryl methyl sites for hydroxylation is 2. The van der Waals surface area contributed by atoms with Gasteiger partial charge in [-0.05, 0) is 48.9 Å². The van der Waals surface area contributed by atoms with Crippen LogP contribution in [0.4, 0.5) is 11.4 Å². The van der Waals surface area contributed by atoms with E-state index >= 15 is 0 Å². The highest BCUT2D eigenvalue weighted by atomic mass is 16.2. The van der Waals surface area contributed by atoms with Gasteiger partial charge in [0, 0.05) is 24.3 Å². The Morgan fingerprint density at radius 2 is 1.81 bits per heavy atom. The summed E-state index contributed by atoms with van der Waals surface area (Å²) in [5, 5.41) is 18.1. The minimum absolute atomic E-state index is 0.0402. The molecule has 1 saturated carbocycles. The molecule has 3 aliphatic rings. The lowest BCUT2D eigenvalue weighted by atomic mass is 9.80. The van der Waals surface area contributed by atoms with Crippen LogP contribution >= 0.6 is 0 Å². The van der Waals surface area contributed by atoms with E-state index in [2.05, 4.69) is 22.0 Å². The van der Waals surface area contributed by atoms with Crippen molar-refractivity contribution in [2.75, 3.05) is 17.2 Å². The van der Waals surface area contributed by atoms with Crippen molar-refractivity contribution in [2.45, 2.75) is 57.0 Å². The van der Waals surface area contributed by atoms with E-state index in [9.17, 15) is 24.4 Å². The summed E-state index contributed by atoms with van der Waals surface area (Å²) in [6, 6.07) is 13.2. The van der Waals surface area contributed by atoms with Crippen molar-refractivity contribution in [3.8, 4) is 6.07 Å². The maximum atomic E-state index is 13.8. The van der Waals surface area contributed by atoms with E-state index in [1.54, 1.807) is 6.07 Å². The third-order valence-electron chi connectivity index (χ3n) is 7.71. The van der Waals surface area contributed by atoms with Crippen molar-refractivity contribution in [1.29, 1.82) is 5.26 Å². The largest absolute Gasteiger partial charge is 0.336 e. The molecule has 1 aliphatic carbocycles. The molecule has 0 radical (unpaired) electrons. The van der Waals surface area contributed by atoms with Crippen LogP contribution in [0.2, 0.25) is 0 Å². The quantitative estimate of drug-likeness (QED) is 0.544. The SMILES string of the molecule is Cc1cccc(C)c1NC(=O)C(=O)N[C@@H](CC1CC1)C(=O)N1C[C@]2(C[C@H]1C#N)C(=O)Nc1ccccc12. The number of para-hydroxylation sites is 2. The van der Waals surface area contributed by atoms with Crippen molar-refractivity contribution in [1.82, 2.24) is 10.2 Å². The van der Waals surface area contributed by atoms with Crippen LogP contribution in [0.25, 0.3) is 0 Å². The average molecular weight is 500 g/mol. The summed E-state index contributed by atoms with van der Waals surface area (Å²) >= 11 is 0. The fraction of sp³-hybridized carbons (Fsp3) is 0.393. The van der Waals surface area contributed by atoms with Gasteiger partial charge in [0.1, 0.15) is 12.1 Å². The van der Waals surface area contributed by atoms with E-state index in [0.717, 1.165) is 29.5 Å². The third-order valence-corrected chi connectivity index (χ3v) is 7.71. The maximum absolute atomic E-state index is 13.8. The van der Waals surface area contributed by atoms with Crippen LogP contribution in [0, 0.1) is 31.1 Å². The number of rotatable bonds is 5. The van der Waals surface area contributed by atoms with E-state index in [1.165, 1.54) is 4.90 Å². The molecule has 4 amide bonds. The smallest absolute Gasteiger partial charge is 0.313 e.